The van der Waals surface area contributed by atoms with E-state index in [1.54, 1.807) is 24.3 Å². The van der Waals surface area contributed by atoms with Crippen LogP contribution in [0.3, 0.4) is 0 Å². The van der Waals surface area contributed by atoms with Gasteiger partial charge in [0.05, 0.1) is 5.39 Å². The summed E-state index contributed by atoms with van der Waals surface area (Å²) >= 11 is 0. The zero-order valence-corrected chi connectivity index (χ0v) is 16.5. The predicted molar refractivity (Wildman–Crippen MR) is 109 cm³/mol. The van der Waals surface area contributed by atoms with Crippen LogP contribution in [0.5, 0.6) is 0 Å². The first kappa shape index (κ1) is 20.0. The van der Waals surface area contributed by atoms with Gasteiger partial charge in [-0.05, 0) is 50.2 Å². The van der Waals surface area contributed by atoms with Crippen LogP contribution in [-0.2, 0) is 14.1 Å². The van der Waals surface area contributed by atoms with Gasteiger partial charge in [-0.1, -0.05) is 0 Å². The molecule has 0 radical (unpaired) electrons. The molecule has 2 aromatic heterocycles. The summed E-state index contributed by atoms with van der Waals surface area (Å²) < 4.78 is 2.20. The molecule has 2 amide bonds. The Labute approximate surface area is 166 Å². The fourth-order valence-electron chi connectivity index (χ4n) is 2.83. The first-order valence-electron chi connectivity index (χ1n) is 8.98. The van der Waals surface area contributed by atoms with Crippen molar-refractivity contribution in [2.75, 3.05) is 5.32 Å². The minimum absolute atomic E-state index is 0.0219. The van der Waals surface area contributed by atoms with E-state index in [-0.39, 0.29) is 28.7 Å². The van der Waals surface area contributed by atoms with E-state index >= 15 is 0 Å². The third-order valence-corrected chi connectivity index (χ3v) is 4.36. The van der Waals surface area contributed by atoms with Gasteiger partial charge in [-0.2, -0.15) is 0 Å². The fraction of sp³-hybridized carbons (Fsp3) is 0.250. The third kappa shape index (κ3) is 3.93. The Morgan fingerprint density at radius 2 is 1.59 bits per heavy atom. The van der Waals surface area contributed by atoms with Crippen molar-refractivity contribution in [2.24, 2.45) is 14.1 Å². The zero-order chi connectivity index (χ0) is 21.3. The molecular weight excluding hydrogens is 374 g/mol. The van der Waals surface area contributed by atoms with Gasteiger partial charge < -0.3 is 10.6 Å². The van der Waals surface area contributed by atoms with Crippen LogP contribution in [0.4, 0.5) is 5.69 Å². The molecule has 0 unspecified atom stereocenters. The molecule has 0 bridgehead atoms. The largest absolute Gasteiger partial charge is 0.350 e. The Morgan fingerprint density at radius 3 is 2.21 bits per heavy atom. The Hall–Kier alpha value is -3.75. The Morgan fingerprint density at radius 1 is 0.931 bits per heavy atom. The van der Waals surface area contributed by atoms with Gasteiger partial charge in [-0.25, -0.2) is 9.78 Å². The van der Waals surface area contributed by atoms with Crippen molar-refractivity contribution in [1.29, 1.82) is 0 Å². The molecule has 0 aliphatic rings. The maximum absolute atomic E-state index is 12.5. The van der Waals surface area contributed by atoms with Gasteiger partial charge in [0.2, 0.25) is 0 Å². The number of aromatic nitrogens is 3. The molecule has 0 aliphatic carbocycles. The van der Waals surface area contributed by atoms with Gasteiger partial charge in [-0.3, -0.25) is 23.5 Å². The van der Waals surface area contributed by atoms with Crippen LogP contribution in [0.1, 0.15) is 34.7 Å². The number of fused-ring (bicyclic) bond motifs is 1. The first-order valence-corrected chi connectivity index (χ1v) is 8.98. The zero-order valence-electron chi connectivity index (χ0n) is 16.5. The summed E-state index contributed by atoms with van der Waals surface area (Å²) in [4.78, 5) is 53.0. The maximum atomic E-state index is 12.5. The molecule has 0 fully saturated rings. The van der Waals surface area contributed by atoms with Gasteiger partial charge in [0.25, 0.3) is 17.4 Å². The lowest BCUT2D eigenvalue weighted by atomic mass is 10.2. The van der Waals surface area contributed by atoms with E-state index < -0.39 is 17.2 Å². The number of nitrogens with one attached hydrogen (secondary N) is 2. The van der Waals surface area contributed by atoms with Gasteiger partial charge in [0.1, 0.15) is 11.3 Å². The van der Waals surface area contributed by atoms with Crippen molar-refractivity contribution in [3.05, 3.63) is 68.5 Å². The van der Waals surface area contributed by atoms with Crippen molar-refractivity contribution >= 4 is 28.5 Å². The van der Waals surface area contributed by atoms with Crippen molar-refractivity contribution in [3.63, 3.8) is 0 Å². The summed E-state index contributed by atoms with van der Waals surface area (Å²) in [6, 6.07) is 9.35. The molecule has 0 saturated carbocycles. The molecule has 0 atom stereocenters. The van der Waals surface area contributed by atoms with Crippen LogP contribution >= 0.6 is 0 Å². The number of rotatable bonds is 4. The summed E-state index contributed by atoms with van der Waals surface area (Å²) in [5.41, 5.74) is 0.150. The molecule has 0 spiro atoms. The van der Waals surface area contributed by atoms with Crippen molar-refractivity contribution in [1.82, 2.24) is 19.4 Å². The predicted octanol–water partition coefficient (Wildman–Crippen LogP) is 1.02. The molecule has 9 heteroatoms. The number of hydrogen-bond acceptors (Lipinski definition) is 5. The number of benzene rings is 1. The van der Waals surface area contributed by atoms with Crippen LogP contribution in [-0.4, -0.2) is 32.0 Å². The van der Waals surface area contributed by atoms with E-state index in [2.05, 4.69) is 15.6 Å². The summed E-state index contributed by atoms with van der Waals surface area (Å²) in [6.07, 6.45) is 0. The van der Waals surface area contributed by atoms with E-state index in [0.717, 1.165) is 4.57 Å². The molecule has 150 valence electrons. The van der Waals surface area contributed by atoms with E-state index in [4.69, 9.17) is 0 Å². The number of anilines is 1. The van der Waals surface area contributed by atoms with E-state index in [0.29, 0.717) is 11.3 Å². The van der Waals surface area contributed by atoms with Crippen LogP contribution in [0.25, 0.3) is 11.0 Å². The molecule has 2 N–H and O–H groups in total. The summed E-state index contributed by atoms with van der Waals surface area (Å²) in [5, 5.41) is 5.72. The molecule has 1 aromatic carbocycles. The number of carbonyl (C=O) groups is 2. The fourth-order valence-corrected chi connectivity index (χ4v) is 2.83. The molecule has 0 aliphatic heterocycles. The minimum atomic E-state index is -0.525. The second-order valence-corrected chi connectivity index (χ2v) is 6.93. The normalized spacial score (nSPS) is 10.9. The lowest BCUT2D eigenvalue weighted by Crippen LogP contribution is -2.37. The van der Waals surface area contributed by atoms with Gasteiger partial charge in [-0.15, -0.1) is 0 Å². The highest BCUT2D eigenvalue weighted by Gasteiger charge is 2.14. The number of amides is 2. The number of aryl methyl sites for hydroxylation is 1. The minimum Gasteiger partial charge on any atom is -0.350 e. The van der Waals surface area contributed by atoms with E-state index in [1.165, 1.54) is 30.8 Å². The van der Waals surface area contributed by atoms with E-state index in [1.807, 2.05) is 13.8 Å². The van der Waals surface area contributed by atoms with Crippen LogP contribution in [0.15, 0.2) is 46.0 Å². The molecule has 2 heterocycles. The van der Waals surface area contributed by atoms with Crippen LogP contribution < -0.4 is 21.9 Å². The molecule has 9 nitrogen and oxygen atoms in total. The van der Waals surface area contributed by atoms with Gasteiger partial charge in [0, 0.05) is 31.4 Å². The van der Waals surface area contributed by atoms with Crippen LogP contribution in [0.2, 0.25) is 0 Å². The Bertz CT molecular complexity index is 1220. The highest BCUT2D eigenvalue weighted by atomic mass is 16.2. The number of hydrogen-bond donors (Lipinski definition) is 2. The second-order valence-electron chi connectivity index (χ2n) is 6.93. The number of carbonyl (C=O) groups excluding carboxylic acids is 2. The second kappa shape index (κ2) is 7.70. The summed E-state index contributed by atoms with van der Waals surface area (Å²) in [7, 11) is 2.87. The van der Waals surface area contributed by atoms with Crippen molar-refractivity contribution in [2.45, 2.75) is 19.9 Å². The molecular formula is C20H21N5O4. The highest BCUT2D eigenvalue weighted by molar-refractivity contribution is 6.04. The number of pyridine rings is 1. The quantitative estimate of drug-likeness (QED) is 0.684. The smallest absolute Gasteiger partial charge is 0.332 e. The number of nitrogens with zero attached hydrogens (tertiary/aromatic N) is 3. The van der Waals surface area contributed by atoms with Gasteiger partial charge in [0.15, 0.2) is 0 Å². The lowest BCUT2D eigenvalue weighted by Gasteiger charge is -2.10. The van der Waals surface area contributed by atoms with Crippen LogP contribution in [0, 0.1) is 0 Å². The topological polar surface area (TPSA) is 115 Å². The first-order chi connectivity index (χ1) is 13.7. The average molecular weight is 395 g/mol. The molecule has 29 heavy (non-hydrogen) atoms. The van der Waals surface area contributed by atoms with Gasteiger partial charge >= 0.3 is 5.69 Å². The maximum Gasteiger partial charge on any atom is 0.332 e. The van der Waals surface area contributed by atoms with Crippen molar-refractivity contribution < 1.29 is 9.59 Å². The summed E-state index contributed by atoms with van der Waals surface area (Å²) in [6.45, 7) is 3.74. The highest BCUT2D eigenvalue weighted by Crippen LogP contribution is 2.12. The molecule has 0 saturated heterocycles. The standard InChI is InChI=1S/C20H21N5O4/c1-11(2)21-17(26)12-5-7-13(8-6-12)22-18(27)15-10-9-14-16(23-15)24(3)20(29)25(4)19(14)28/h5-11H,1-4H3,(H,21,26)(H,22,27). The molecule has 3 rings (SSSR count). The van der Waals surface area contributed by atoms with Crippen molar-refractivity contribution in [3.8, 4) is 0 Å². The Balaban J connectivity index is 1.86. The third-order valence-electron chi connectivity index (χ3n) is 4.36. The SMILES string of the molecule is CC(C)NC(=O)c1ccc(NC(=O)c2ccc3c(=O)n(C)c(=O)n(C)c3n2)cc1. The molecule has 3 aromatic rings. The summed E-state index contributed by atoms with van der Waals surface area (Å²) in [5.74, 6) is -0.698. The monoisotopic (exact) mass is 395 g/mol. The Kier molecular flexibility index (Phi) is 5.31. The van der Waals surface area contributed by atoms with E-state index in [9.17, 15) is 19.2 Å². The lowest BCUT2D eigenvalue weighted by molar-refractivity contribution is 0.0942. The average Bonchev–Trinajstić information content (AvgIpc) is 2.70.